The molecule has 1 aromatic rings. The highest BCUT2D eigenvalue weighted by Gasteiger charge is 2.26. The van der Waals surface area contributed by atoms with Gasteiger partial charge >= 0.3 is 0 Å². The number of amides is 1. The highest BCUT2D eigenvalue weighted by Crippen LogP contribution is 2.28. The van der Waals surface area contributed by atoms with Gasteiger partial charge in [0.05, 0.1) is 5.25 Å². The fourth-order valence-electron chi connectivity index (χ4n) is 2.82. The Hall–Kier alpha value is -0.230. The van der Waals surface area contributed by atoms with Gasteiger partial charge in [0.2, 0.25) is 5.91 Å². The summed E-state index contributed by atoms with van der Waals surface area (Å²) in [6.07, 6.45) is 3.51. The van der Waals surface area contributed by atoms with Crippen molar-refractivity contribution in [2.45, 2.75) is 36.3 Å². The number of nitrogens with one attached hydrogen (secondary N) is 1. The van der Waals surface area contributed by atoms with E-state index in [4.69, 9.17) is 0 Å². The Morgan fingerprint density at radius 2 is 1.96 bits per heavy atom. The molecule has 0 aliphatic carbocycles. The number of piperidine rings is 1. The van der Waals surface area contributed by atoms with Crippen LogP contribution in [0, 0.1) is 5.92 Å². The molecule has 1 aliphatic rings. The Kier molecular flexibility index (Phi) is 9.59. The zero-order valence-electron chi connectivity index (χ0n) is 13.8. The molecule has 1 atom stereocenters. The third-order valence-electron chi connectivity index (χ3n) is 4.20. The van der Waals surface area contributed by atoms with Gasteiger partial charge in [0.25, 0.3) is 0 Å². The van der Waals surface area contributed by atoms with Crippen molar-refractivity contribution in [3.63, 3.8) is 0 Å². The van der Waals surface area contributed by atoms with Gasteiger partial charge in [0.15, 0.2) is 0 Å². The Labute approximate surface area is 158 Å². The molecule has 0 spiro atoms. The first-order valence-electron chi connectivity index (χ1n) is 7.95. The number of thioether (sulfide) groups is 1. The minimum atomic E-state index is -0.0185. The van der Waals surface area contributed by atoms with E-state index in [0.29, 0.717) is 0 Å². The molecule has 1 N–H and O–H groups in total. The summed E-state index contributed by atoms with van der Waals surface area (Å²) in [4.78, 5) is 15.8. The Bertz CT molecular complexity index is 478. The summed E-state index contributed by atoms with van der Waals surface area (Å²) in [6, 6.07) is 8.16. The van der Waals surface area contributed by atoms with Crippen LogP contribution < -0.4 is 5.32 Å². The first-order chi connectivity index (χ1) is 10.6. The van der Waals surface area contributed by atoms with Crippen molar-refractivity contribution in [3.8, 4) is 0 Å². The molecule has 2 rings (SSSR count). The van der Waals surface area contributed by atoms with E-state index in [1.54, 1.807) is 11.8 Å². The highest BCUT2D eigenvalue weighted by molar-refractivity contribution is 9.10. The van der Waals surface area contributed by atoms with E-state index >= 15 is 0 Å². The predicted octanol–water partition coefficient (Wildman–Crippen LogP) is 4.20. The van der Waals surface area contributed by atoms with Crippen molar-refractivity contribution in [2.75, 3.05) is 26.7 Å². The number of carbonyl (C=O) groups excluding carboxylic acids is 1. The first kappa shape index (κ1) is 20.8. The Morgan fingerprint density at radius 1 is 1.35 bits per heavy atom. The standard InChI is InChI=1S/C17H25BrN2OS.ClH/c1-13(22-16-5-3-15(18)4-6-16)17(21)20-11-8-14(9-12-20)7-10-19-2;/h3-6,13-14,19H,7-12H2,1-2H3;1H. The smallest absolute Gasteiger partial charge is 0.235 e. The van der Waals surface area contributed by atoms with Crippen LogP contribution in [-0.4, -0.2) is 42.7 Å². The van der Waals surface area contributed by atoms with Gasteiger partial charge in [-0.1, -0.05) is 15.9 Å². The molecule has 0 saturated carbocycles. The first-order valence-corrected chi connectivity index (χ1v) is 9.63. The highest BCUT2D eigenvalue weighted by atomic mass is 79.9. The predicted molar refractivity (Wildman–Crippen MR) is 105 cm³/mol. The largest absolute Gasteiger partial charge is 0.342 e. The monoisotopic (exact) mass is 420 g/mol. The number of likely N-dealkylation sites (tertiary alicyclic amines) is 1. The molecule has 1 heterocycles. The molecule has 3 nitrogen and oxygen atoms in total. The van der Waals surface area contributed by atoms with Gasteiger partial charge in [-0.05, 0) is 70.0 Å². The van der Waals surface area contributed by atoms with Crippen LogP contribution in [0.15, 0.2) is 33.6 Å². The summed E-state index contributed by atoms with van der Waals surface area (Å²) >= 11 is 5.08. The maximum Gasteiger partial charge on any atom is 0.235 e. The van der Waals surface area contributed by atoms with Gasteiger partial charge in [0, 0.05) is 22.5 Å². The van der Waals surface area contributed by atoms with E-state index in [0.717, 1.165) is 47.8 Å². The average Bonchev–Trinajstić information content (AvgIpc) is 2.55. The number of nitrogens with zero attached hydrogens (tertiary/aromatic N) is 1. The molecule has 130 valence electrons. The normalized spacial score (nSPS) is 16.7. The van der Waals surface area contributed by atoms with Crippen LogP contribution in [0.25, 0.3) is 0 Å². The van der Waals surface area contributed by atoms with Crippen molar-refractivity contribution >= 4 is 46.0 Å². The van der Waals surface area contributed by atoms with Gasteiger partial charge in [-0.3, -0.25) is 4.79 Å². The lowest BCUT2D eigenvalue weighted by atomic mass is 9.93. The van der Waals surface area contributed by atoms with Crippen molar-refractivity contribution in [1.29, 1.82) is 0 Å². The summed E-state index contributed by atoms with van der Waals surface area (Å²) in [5.74, 6) is 1.05. The SMILES string of the molecule is CNCCC1CCN(C(=O)C(C)Sc2ccc(Br)cc2)CC1.Cl. The van der Waals surface area contributed by atoms with E-state index in [1.807, 2.05) is 31.0 Å². The van der Waals surface area contributed by atoms with Crippen LogP contribution in [0.1, 0.15) is 26.2 Å². The number of carbonyl (C=O) groups is 1. The van der Waals surface area contributed by atoms with Crippen molar-refractivity contribution in [1.82, 2.24) is 10.2 Å². The summed E-state index contributed by atoms with van der Waals surface area (Å²) in [7, 11) is 2.00. The molecule has 1 amide bonds. The number of benzene rings is 1. The molecule has 23 heavy (non-hydrogen) atoms. The third kappa shape index (κ3) is 6.65. The second-order valence-corrected chi connectivity index (χ2v) is 8.20. The van der Waals surface area contributed by atoms with Gasteiger partial charge in [-0.25, -0.2) is 0 Å². The third-order valence-corrected chi connectivity index (χ3v) is 5.83. The van der Waals surface area contributed by atoms with Crippen LogP contribution in [0.4, 0.5) is 0 Å². The molecule has 0 radical (unpaired) electrons. The Morgan fingerprint density at radius 3 is 2.52 bits per heavy atom. The minimum absolute atomic E-state index is 0. The second-order valence-electron chi connectivity index (χ2n) is 5.87. The summed E-state index contributed by atoms with van der Waals surface area (Å²) < 4.78 is 1.07. The van der Waals surface area contributed by atoms with Gasteiger partial charge < -0.3 is 10.2 Å². The van der Waals surface area contributed by atoms with Crippen molar-refractivity contribution in [3.05, 3.63) is 28.7 Å². The van der Waals surface area contributed by atoms with E-state index in [1.165, 1.54) is 6.42 Å². The maximum atomic E-state index is 12.6. The van der Waals surface area contributed by atoms with Gasteiger partial charge in [0.1, 0.15) is 0 Å². The van der Waals surface area contributed by atoms with E-state index in [-0.39, 0.29) is 23.6 Å². The van der Waals surface area contributed by atoms with Crippen LogP contribution in [-0.2, 0) is 4.79 Å². The fourth-order valence-corrected chi connectivity index (χ4v) is 4.03. The lowest BCUT2D eigenvalue weighted by Crippen LogP contribution is -2.42. The van der Waals surface area contributed by atoms with Crippen molar-refractivity contribution < 1.29 is 4.79 Å². The summed E-state index contributed by atoms with van der Waals surface area (Å²) in [5.41, 5.74) is 0. The average molecular weight is 422 g/mol. The van der Waals surface area contributed by atoms with Crippen LogP contribution in [0.5, 0.6) is 0 Å². The molecule has 1 aliphatic heterocycles. The Balaban J connectivity index is 0.00000264. The maximum absolute atomic E-state index is 12.6. The fraction of sp³-hybridized carbons (Fsp3) is 0.588. The number of halogens is 2. The zero-order valence-corrected chi connectivity index (χ0v) is 17.0. The molecule has 6 heteroatoms. The minimum Gasteiger partial charge on any atom is -0.342 e. The van der Waals surface area contributed by atoms with E-state index in [2.05, 4.69) is 33.4 Å². The molecular weight excluding hydrogens is 396 g/mol. The number of hydrogen-bond donors (Lipinski definition) is 1. The lowest BCUT2D eigenvalue weighted by molar-refractivity contribution is -0.131. The van der Waals surface area contributed by atoms with Gasteiger partial charge in [-0.2, -0.15) is 0 Å². The second kappa shape index (κ2) is 10.6. The molecule has 1 fully saturated rings. The molecule has 0 bridgehead atoms. The van der Waals surface area contributed by atoms with Crippen molar-refractivity contribution in [2.24, 2.45) is 5.92 Å². The quantitative estimate of drug-likeness (QED) is 0.699. The summed E-state index contributed by atoms with van der Waals surface area (Å²) in [5, 5.41) is 3.19. The molecule has 0 aromatic heterocycles. The molecule has 1 unspecified atom stereocenters. The summed E-state index contributed by atoms with van der Waals surface area (Å²) in [6.45, 7) is 4.92. The van der Waals surface area contributed by atoms with Crippen LogP contribution >= 0.6 is 40.1 Å². The van der Waals surface area contributed by atoms with Crippen LogP contribution in [0.3, 0.4) is 0 Å². The van der Waals surface area contributed by atoms with E-state index < -0.39 is 0 Å². The molecule has 1 aromatic carbocycles. The number of hydrogen-bond acceptors (Lipinski definition) is 3. The zero-order chi connectivity index (χ0) is 15.9. The topological polar surface area (TPSA) is 32.3 Å². The van der Waals surface area contributed by atoms with Crippen LogP contribution in [0.2, 0.25) is 0 Å². The number of rotatable bonds is 6. The lowest BCUT2D eigenvalue weighted by Gasteiger charge is -2.33. The van der Waals surface area contributed by atoms with Gasteiger partial charge in [-0.15, -0.1) is 24.2 Å². The molecular formula is C17H26BrClN2OS. The molecule has 1 saturated heterocycles. The van der Waals surface area contributed by atoms with E-state index in [9.17, 15) is 4.79 Å².